The fourth-order valence-electron chi connectivity index (χ4n) is 3.93. The first kappa shape index (κ1) is 23.6. The Hall–Kier alpha value is -3.52. The van der Waals surface area contributed by atoms with Crippen LogP contribution >= 0.6 is 11.6 Å². The third kappa shape index (κ3) is 5.02. The zero-order chi connectivity index (χ0) is 24.2. The van der Waals surface area contributed by atoms with E-state index < -0.39 is 0 Å². The Labute approximate surface area is 203 Å². The maximum atomic E-state index is 13.0. The van der Waals surface area contributed by atoms with Crippen LogP contribution < -0.4 is 9.47 Å². The van der Waals surface area contributed by atoms with Crippen LogP contribution in [0.4, 0.5) is 0 Å². The van der Waals surface area contributed by atoms with Crippen molar-refractivity contribution in [2.45, 2.75) is 19.5 Å². The maximum Gasteiger partial charge on any atom is 0.274 e. The first-order valence-electron chi connectivity index (χ1n) is 11.0. The molecule has 4 rings (SSSR count). The van der Waals surface area contributed by atoms with E-state index in [1.54, 1.807) is 41.8 Å². The normalized spacial score (nSPS) is 12.9. The van der Waals surface area contributed by atoms with E-state index in [0.29, 0.717) is 54.8 Å². The number of benzene rings is 2. The molecule has 3 aromatic rings. The lowest BCUT2D eigenvalue weighted by atomic mass is 10.1. The van der Waals surface area contributed by atoms with Crippen molar-refractivity contribution in [3.05, 3.63) is 76.1 Å². The molecule has 2 amide bonds. The fourth-order valence-corrected chi connectivity index (χ4v) is 4.06. The Kier molecular flexibility index (Phi) is 7.07. The third-order valence-electron chi connectivity index (χ3n) is 5.90. The van der Waals surface area contributed by atoms with E-state index in [9.17, 15) is 9.59 Å². The zero-order valence-corrected chi connectivity index (χ0v) is 20.2. The second kappa shape index (κ2) is 10.2. The number of fused-ring (bicyclic) bond motifs is 1. The number of carbonyl (C=O) groups excluding carboxylic acids is 2. The minimum atomic E-state index is -0.223. The molecule has 0 bridgehead atoms. The molecule has 0 unspecified atom stereocenters. The Morgan fingerprint density at radius 1 is 1.03 bits per heavy atom. The summed E-state index contributed by atoms with van der Waals surface area (Å²) in [4.78, 5) is 29.4. The summed E-state index contributed by atoms with van der Waals surface area (Å²) < 4.78 is 12.2. The Bertz CT molecular complexity index is 1190. The van der Waals surface area contributed by atoms with Gasteiger partial charge in [-0.1, -0.05) is 29.8 Å². The highest BCUT2D eigenvalue weighted by atomic mass is 35.5. The standard InChI is InChI=1S/C25H27ClN4O4/c1-28(11-10-17-6-9-22(33-2)23(14-17)34-3)24(31)20-15-21-25(32)29(12-13-30(21)27-20)16-18-4-7-19(26)8-5-18/h4-9,14-15H,10-13,16H2,1-3H3. The molecule has 0 atom stereocenters. The number of amides is 2. The van der Waals surface area contributed by atoms with E-state index in [4.69, 9.17) is 21.1 Å². The number of aromatic nitrogens is 2. The number of nitrogens with zero attached hydrogens (tertiary/aromatic N) is 4. The van der Waals surface area contributed by atoms with Gasteiger partial charge in [-0.25, -0.2) is 0 Å². The van der Waals surface area contributed by atoms with Crippen LogP contribution in [-0.4, -0.2) is 65.8 Å². The first-order valence-corrected chi connectivity index (χ1v) is 11.4. The van der Waals surface area contributed by atoms with Crippen LogP contribution in [0.1, 0.15) is 32.1 Å². The molecule has 2 heterocycles. The number of hydrogen-bond acceptors (Lipinski definition) is 5. The van der Waals surface area contributed by atoms with Crippen LogP contribution in [0.2, 0.25) is 5.02 Å². The Balaban J connectivity index is 1.40. The summed E-state index contributed by atoms with van der Waals surface area (Å²) in [5.41, 5.74) is 2.72. The van der Waals surface area contributed by atoms with Gasteiger partial charge in [-0.2, -0.15) is 5.10 Å². The maximum absolute atomic E-state index is 13.0. The second-order valence-corrected chi connectivity index (χ2v) is 8.59. The Morgan fingerprint density at radius 3 is 2.44 bits per heavy atom. The predicted molar refractivity (Wildman–Crippen MR) is 129 cm³/mol. The third-order valence-corrected chi connectivity index (χ3v) is 6.16. The number of carbonyl (C=O) groups is 2. The zero-order valence-electron chi connectivity index (χ0n) is 19.5. The molecule has 34 heavy (non-hydrogen) atoms. The van der Waals surface area contributed by atoms with Crippen molar-refractivity contribution in [2.24, 2.45) is 0 Å². The van der Waals surface area contributed by atoms with Crippen LogP contribution in [0.5, 0.6) is 11.5 Å². The van der Waals surface area contributed by atoms with Crippen molar-refractivity contribution in [1.29, 1.82) is 0 Å². The van der Waals surface area contributed by atoms with E-state index in [1.165, 1.54) is 0 Å². The van der Waals surface area contributed by atoms with E-state index in [-0.39, 0.29) is 17.5 Å². The van der Waals surface area contributed by atoms with Crippen molar-refractivity contribution < 1.29 is 19.1 Å². The lowest BCUT2D eigenvalue weighted by molar-refractivity contribution is 0.0682. The van der Waals surface area contributed by atoms with E-state index in [1.807, 2.05) is 42.5 Å². The quantitative estimate of drug-likeness (QED) is 0.491. The van der Waals surface area contributed by atoms with Gasteiger partial charge < -0.3 is 19.3 Å². The molecule has 0 fully saturated rings. The molecule has 0 saturated carbocycles. The molecule has 8 nitrogen and oxygen atoms in total. The molecule has 178 valence electrons. The fraction of sp³-hybridized carbons (Fsp3) is 0.320. The summed E-state index contributed by atoms with van der Waals surface area (Å²) >= 11 is 5.95. The van der Waals surface area contributed by atoms with Crippen LogP contribution in [0.25, 0.3) is 0 Å². The van der Waals surface area contributed by atoms with Crippen molar-refractivity contribution in [3.8, 4) is 11.5 Å². The summed E-state index contributed by atoms with van der Waals surface area (Å²) in [6, 6.07) is 14.7. The van der Waals surface area contributed by atoms with Gasteiger partial charge in [0.05, 0.1) is 20.8 Å². The number of ether oxygens (including phenoxy) is 2. The second-order valence-electron chi connectivity index (χ2n) is 8.16. The van der Waals surface area contributed by atoms with Gasteiger partial charge in [-0.05, 0) is 41.8 Å². The number of hydrogen-bond donors (Lipinski definition) is 0. The number of likely N-dealkylation sites (N-methyl/N-ethyl adjacent to an activating group) is 1. The molecule has 2 aromatic carbocycles. The van der Waals surface area contributed by atoms with E-state index in [2.05, 4.69) is 5.10 Å². The van der Waals surface area contributed by atoms with Gasteiger partial charge in [-0.3, -0.25) is 14.3 Å². The minimum absolute atomic E-state index is 0.138. The predicted octanol–water partition coefficient (Wildman–Crippen LogP) is 3.52. The molecule has 1 aliphatic heterocycles. The molecule has 0 aliphatic carbocycles. The summed E-state index contributed by atoms with van der Waals surface area (Å²) in [5, 5.41) is 5.06. The molecule has 0 N–H and O–H groups in total. The minimum Gasteiger partial charge on any atom is -0.493 e. The number of methoxy groups -OCH3 is 2. The summed E-state index contributed by atoms with van der Waals surface area (Å²) in [7, 11) is 4.92. The highest BCUT2D eigenvalue weighted by molar-refractivity contribution is 6.30. The van der Waals surface area contributed by atoms with Gasteiger partial charge >= 0.3 is 0 Å². The van der Waals surface area contributed by atoms with Crippen LogP contribution in [0.15, 0.2) is 48.5 Å². The van der Waals surface area contributed by atoms with Crippen molar-refractivity contribution in [3.63, 3.8) is 0 Å². The van der Waals surface area contributed by atoms with E-state index >= 15 is 0 Å². The summed E-state index contributed by atoms with van der Waals surface area (Å²) in [6.07, 6.45) is 0.643. The molecule has 0 saturated heterocycles. The summed E-state index contributed by atoms with van der Waals surface area (Å²) in [6.45, 7) is 2.04. The molecule has 1 aromatic heterocycles. The molecule has 9 heteroatoms. The number of rotatable bonds is 8. The monoisotopic (exact) mass is 482 g/mol. The molecular formula is C25H27ClN4O4. The topological polar surface area (TPSA) is 76.9 Å². The van der Waals surface area contributed by atoms with Crippen LogP contribution in [-0.2, 0) is 19.5 Å². The highest BCUT2D eigenvalue weighted by Gasteiger charge is 2.28. The van der Waals surface area contributed by atoms with Gasteiger partial charge in [0.2, 0.25) is 0 Å². The van der Waals surface area contributed by atoms with Crippen molar-refractivity contribution >= 4 is 23.4 Å². The lowest BCUT2D eigenvalue weighted by Gasteiger charge is -2.27. The van der Waals surface area contributed by atoms with E-state index in [0.717, 1.165) is 11.1 Å². The molecular weight excluding hydrogens is 456 g/mol. The smallest absolute Gasteiger partial charge is 0.274 e. The van der Waals surface area contributed by atoms with Crippen LogP contribution in [0.3, 0.4) is 0 Å². The molecule has 1 aliphatic rings. The number of halogens is 1. The van der Waals surface area contributed by atoms with Gasteiger partial charge in [0.1, 0.15) is 5.69 Å². The summed E-state index contributed by atoms with van der Waals surface area (Å²) in [5.74, 6) is 0.951. The Morgan fingerprint density at radius 2 is 1.74 bits per heavy atom. The molecule has 0 spiro atoms. The van der Waals surface area contributed by atoms with Gasteiger partial charge in [0, 0.05) is 37.8 Å². The lowest BCUT2D eigenvalue weighted by Crippen LogP contribution is -2.39. The van der Waals surface area contributed by atoms with Crippen LogP contribution in [0, 0.1) is 0 Å². The van der Waals surface area contributed by atoms with Gasteiger partial charge in [0.15, 0.2) is 17.2 Å². The van der Waals surface area contributed by atoms with Crippen molar-refractivity contribution in [2.75, 3.05) is 34.4 Å². The first-order chi connectivity index (χ1) is 16.4. The average Bonchev–Trinajstić information content (AvgIpc) is 3.30. The average molecular weight is 483 g/mol. The largest absolute Gasteiger partial charge is 0.493 e. The highest BCUT2D eigenvalue weighted by Crippen LogP contribution is 2.27. The van der Waals surface area contributed by atoms with Gasteiger partial charge in [-0.15, -0.1) is 0 Å². The van der Waals surface area contributed by atoms with Gasteiger partial charge in [0.25, 0.3) is 11.8 Å². The SMILES string of the molecule is COc1ccc(CCN(C)C(=O)c2cc3n(n2)CCN(Cc2ccc(Cl)cc2)C3=O)cc1OC. The molecule has 0 radical (unpaired) electrons. The van der Waals surface area contributed by atoms with Crippen molar-refractivity contribution in [1.82, 2.24) is 19.6 Å².